The fourth-order valence-electron chi connectivity index (χ4n) is 3.12. The Balaban J connectivity index is 1.72. The van der Waals surface area contributed by atoms with Crippen LogP contribution in [0.4, 0.5) is 13.2 Å². The topological polar surface area (TPSA) is 64.4 Å². The minimum absolute atomic E-state index is 0.139. The highest BCUT2D eigenvalue weighted by Crippen LogP contribution is 2.26. The second-order valence-electron chi connectivity index (χ2n) is 6.61. The van der Waals surface area contributed by atoms with Gasteiger partial charge >= 0.3 is 0 Å². The van der Waals surface area contributed by atoms with Crippen molar-refractivity contribution >= 4 is 10.9 Å². The number of aliphatic hydroxyl groups is 1. The van der Waals surface area contributed by atoms with E-state index in [0.29, 0.717) is 34.7 Å². The minimum Gasteiger partial charge on any atom is -0.457 e. The molecule has 8 heteroatoms. The normalized spacial score (nSPS) is 11.1. The maximum atomic E-state index is 14.0. The highest BCUT2D eigenvalue weighted by molar-refractivity contribution is 5.79. The van der Waals surface area contributed by atoms with Crippen molar-refractivity contribution in [3.63, 3.8) is 0 Å². The number of benzene rings is 3. The maximum Gasteiger partial charge on any atom is 0.280 e. The van der Waals surface area contributed by atoms with Gasteiger partial charge in [0, 0.05) is 17.7 Å². The molecule has 4 aromatic rings. The molecule has 1 N–H and O–H groups in total. The molecule has 30 heavy (non-hydrogen) atoms. The third kappa shape index (κ3) is 3.90. The highest BCUT2D eigenvalue weighted by Gasteiger charge is 2.14. The molecule has 0 radical (unpaired) electrons. The van der Waals surface area contributed by atoms with Crippen LogP contribution in [0, 0.1) is 17.5 Å². The van der Waals surface area contributed by atoms with Crippen LogP contribution in [0.25, 0.3) is 10.9 Å². The highest BCUT2D eigenvalue weighted by atomic mass is 19.1. The molecule has 0 unspecified atom stereocenters. The fourth-order valence-corrected chi connectivity index (χ4v) is 3.12. The molecule has 0 atom stereocenters. The summed E-state index contributed by atoms with van der Waals surface area (Å²) in [7, 11) is 0. The molecule has 0 saturated carbocycles. The lowest BCUT2D eigenvalue weighted by Gasteiger charge is -2.13. The van der Waals surface area contributed by atoms with Crippen LogP contribution in [0.5, 0.6) is 11.5 Å². The number of fused-ring (bicyclic) bond motifs is 1. The monoisotopic (exact) mass is 412 g/mol. The van der Waals surface area contributed by atoms with Crippen molar-refractivity contribution in [2.24, 2.45) is 0 Å². The molecule has 152 valence electrons. The summed E-state index contributed by atoms with van der Waals surface area (Å²) in [5.41, 5.74) is 0.176. The first-order valence-electron chi connectivity index (χ1n) is 8.95. The van der Waals surface area contributed by atoms with E-state index < -0.39 is 23.0 Å². The Morgan fingerprint density at radius 2 is 1.70 bits per heavy atom. The van der Waals surface area contributed by atoms with E-state index in [0.717, 1.165) is 0 Å². The van der Waals surface area contributed by atoms with E-state index in [1.165, 1.54) is 17.0 Å². The number of aliphatic hydroxyl groups excluding tert-OH is 1. The molecule has 4 rings (SSSR count). The third-order valence-electron chi connectivity index (χ3n) is 4.57. The predicted octanol–water partition coefficient (Wildman–Crippen LogP) is 4.15. The average Bonchev–Trinajstić information content (AvgIpc) is 2.72. The second kappa shape index (κ2) is 8.00. The summed E-state index contributed by atoms with van der Waals surface area (Å²) in [6, 6.07) is 12.7. The van der Waals surface area contributed by atoms with Gasteiger partial charge in [-0.25, -0.2) is 13.2 Å². The van der Waals surface area contributed by atoms with Gasteiger partial charge in [0.2, 0.25) is 0 Å². The van der Waals surface area contributed by atoms with Gasteiger partial charge in [-0.1, -0.05) is 12.1 Å². The summed E-state index contributed by atoms with van der Waals surface area (Å²) in [5, 5.41) is 9.42. The van der Waals surface area contributed by atoms with Crippen LogP contribution in [-0.2, 0) is 13.2 Å². The fraction of sp³-hybridized carbons (Fsp3) is 0.0909. The van der Waals surface area contributed by atoms with E-state index in [9.17, 15) is 23.1 Å². The molecular formula is C22H15F3N2O3. The molecule has 1 heterocycles. The molecule has 0 aliphatic carbocycles. The summed E-state index contributed by atoms with van der Waals surface area (Å²) in [4.78, 5) is 16.0. The quantitative estimate of drug-likeness (QED) is 0.535. The predicted molar refractivity (Wildman–Crippen MR) is 104 cm³/mol. The smallest absolute Gasteiger partial charge is 0.280 e. The molecule has 0 amide bonds. The van der Waals surface area contributed by atoms with Crippen molar-refractivity contribution in [1.82, 2.24) is 9.55 Å². The zero-order valence-electron chi connectivity index (χ0n) is 15.5. The summed E-state index contributed by atoms with van der Waals surface area (Å²) in [5.74, 6) is -2.23. The zero-order chi connectivity index (χ0) is 21.3. The van der Waals surface area contributed by atoms with Gasteiger partial charge in [0.1, 0.15) is 29.0 Å². The molecule has 1 aromatic heterocycles. The van der Waals surface area contributed by atoms with Crippen LogP contribution in [-0.4, -0.2) is 14.7 Å². The molecule has 0 fully saturated rings. The Morgan fingerprint density at radius 3 is 2.43 bits per heavy atom. The lowest BCUT2D eigenvalue weighted by molar-refractivity contribution is 0.281. The van der Waals surface area contributed by atoms with Crippen molar-refractivity contribution in [3.8, 4) is 11.5 Å². The maximum absolute atomic E-state index is 14.0. The van der Waals surface area contributed by atoms with E-state index in [-0.39, 0.29) is 24.1 Å². The molecule has 0 bridgehead atoms. The molecular weight excluding hydrogens is 397 g/mol. The van der Waals surface area contributed by atoms with E-state index in [1.54, 1.807) is 36.4 Å². The first kappa shape index (κ1) is 19.7. The number of hydrogen-bond donors (Lipinski definition) is 1. The van der Waals surface area contributed by atoms with Gasteiger partial charge in [0.25, 0.3) is 5.56 Å². The van der Waals surface area contributed by atoms with E-state index in [2.05, 4.69) is 4.98 Å². The summed E-state index contributed by atoms with van der Waals surface area (Å²) >= 11 is 0. The van der Waals surface area contributed by atoms with Crippen molar-refractivity contribution in [2.75, 3.05) is 0 Å². The van der Waals surface area contributed by atoms with Crippen LogP contribution in [0.2, 0.25) is 0 Å². The zero-order valence-corrected chi connectivity index (χ0v) is 15.5. The van der Waals surface area contributed by atoms with Crippen molar-refractivity contribution in [3.05, 3.63) is 99.9 Å². The number of rotatable bonds is 5. The van der Waals surface area contributed by atoms with Crippen molar-refractivity contribution in [1.29, 1.82) is 0 Å². The third-order valence-corrected chi connectivity index (χ3v) is 4.57. The van der Waals surface area contributed by atoms with Gasteiger partial charge < -0.3 is 14.4 Å². The summed E-state index contributed by atoms with van der Waals surface area (Å²) < 4.78 is 48.4. The van der Waals surface area contributed by atoms with Crippen LogP contribution in [0.3, 0.4) is 0 Å². The first-order chi connectivity index (χ1) is 14.4. The van der Waals surface area contributed by atoms with Gasteiger partial charge in [0.05, 0.1) is 30.4 Å². The Labute approximate surface area is 168 Å². The van der Waals surface area contributed by atoms with Crippen molar-refractivity contribution < 1.29 is 23.0 Å². The Bertz CT molecular complexity index is 1280. The van der Waals surface area contributed by atoms with Gasteiger partial charge in [-0.05, 0) is 35.9 Å². The molecule has 0 aliphatic heterocycles. The van der Waals surface area contributed by atoms with E-state index in [1.807, 2.05) is 0 Å². The van der Waals surface area contributed by atoms with Gasteiger partial charge in [0.15, 0.2) is 0 Å². The summed E-state index contributed by atoms with van der Waals surface area (Å²) in [6.45, 7) is -0.416. The number of nitrogens with zero attached hydrogens (tertiary/aromatic N) is 2. The number of ether oxygens (including phenoxy) is 1. The number of halogens is 3. The Kier molecular flexibility index (Phi) is 5.24. The molecule has 0 aliphatic rings. The first-order valence-corrected chi connectivity index (χ1v) is 8.95. The number of aromatic nitrogens is 2. The lowest BCUT2D eigenvalue weighted by atomic mass is 10.1. The van der Waals surface area contributed by atoms with Crippen LogP contribution >= 0.6 is 0 Å². The van der Waals surface area contributed by atoms with Crippen LogP contribution < -0.4 is 10.3 Å². The van der Waals surface area contributed by atoms with Crippen LogP contribution in [0.15, 0.2) is 65.7 Å². The molecule has 3 aromatic carbocycles. The lowest BCUT2D eigenvalue weighted by Crippen LogP contribution is -2.14. The summed E-state index contributed by atoms with van der Waals surface area (Å²) in [6.07, 6.45) is 1.18. The Hall–Kier alpha value is -3.65. The molecule has 5 nitrogen and oxygen atoms in total. The Morgan fingerprint density at radius 1 is 0.967 bits per heavy atom. The second-order valence-corrected chi connectivity index (χ2v) is 6.61. The SMILES string of the molecule is O=c1ncn(Cc2c(F)cc(F)cc2F)c2ccc(Oc3cccc(CO)c3)cc12. The molecule has 0 saturated heterocycles. The van der Waals surface area contributed by atoms with Gasteiger partial charge in [-0.15, -0.1) is 0 Å². The van der Waals surface area contributed by atoms with Gasteiger partial charge in [-0.3, -0.25) is 4.79 Å². The van der Waals surface area contributed by atoms with E-state index >= 15 is 0 Å². The van der Waals surface area contributed by atoms with Gasteiger partial charge in [-0.2, -0.15) is 4.98 Å². The van der Waals surface area contributed by atoms with E-state index in [4.69, 9.17) is 4.74 Å². The average molecular weight is 412 g/mol. The largest absolute Gasteiger partial charge is 0.457 e. The standard InChI is InChI=1S/C22H15F3N2O3/c23-14-7-19(24)18(20(25)8-14)10-27-12-26-22(29)17-9-16(4-5-21(17)27)30-15-3-1-2-13(6-15)11-28/h1-9,12,28H,10-11H2. The minimum atomic E-state index is -1.02. The van der Waals surface area contributed by atoms with Crippen molar-refractivity contribution in [2.45, 2.75) is 13.2 Å². The molecule has 0 spiro atoms. The van der Waals surface area contributed by atoms with Crippen LogP contribution in [0.1, 0.15) is 11.1 Å². The number of hydrogen-bond acceptors (Lipinski definition) is 4.